The van der Waals surface area contributed by atoms with Crippen molar-refractivity contribution in [2.45, 2.75) is 70.0 Å². The van der Waals surface area contributed by atoms with E-state index in [4.69, 9.17) is 5.73 Å². The van der Waals surface area contributed by atoms with E-state index < -0.39 is 0 Å². The molecule has 1 aromatic carbocycles. The van der Waals surface area contributed by atoms with E-state index in [9.17, 15) is 0 Å². The minimum Gasteiger partial charge on any atom is -0.328 e. The van der Waals surface area contributed by atoms with Crippen LogP contribution in [0, 0.1) is 0 Å². The molecule has 0 bridgehead atoms. The van der Waals surface area contributed by atoms with Crippen LogP contribution in [0.25, 0.3) is 0 Å². The van der Waals surface area contributed by atoms with E-state index in [2.05, 4.69) is 46.0 Å². The predicted molar refractivity (Wildman–Crippen MR) is 92.4 cm³/mol. The summed E-state index contributed by atoms with van der Waals surface area (Å²) >= 11 is 3.73. The second-order valence-corrected chi connectivity index (χ2v) is 7.52. The summed E-state index contributed by atoms with van der Waals surface area (Å²) in [5.41, 5.74) is 9.20. The summed E-state index contributed by atoms with van der Waals surface area (Å²) in [4.78, 5) is 2.80. The molecule has 0 heterocycles. The normalized spacial score (nSPS) is 28.9. The Balaban J connectivity index is 1.81. The molecule has 0 aromatic heterocycles. The van der Waals surface area contributed by atoms with Crippen LogP contribution in [0.2, 0.25) is 0 Å². The average molecular weight is 351 g/mol. The molecule has 1 saturated carbocycles. The van der Waals surface area contributed by atoms with E-state index in [1.54, 1.807) is 5.56 Å². The van der Waals surface area contributed by atoms with Gasteiger partial charge in [-0.15, -0.1) is 0 Å². The van der Waals surface area contributed by atoms with Gasteiger partial charge in [0.25, 0.3) is 0 Å². The molecule has 3 heteroatoms. The molecule has 0 amide bonds. The van der Waals surface area contributed by atoms with Gasteiger partial charge in [-0.3, -0.25) is 4.90 Å². The van der Waals surface area contributed by atoms with Gasteiger partial charge in [0.2, 0.25) is 0 Å². The zero-order chi connectivity index (χ0) is 14.8. The number of halogens is 1. The first-order chi connectivity index (χ1) is 10.2. The first-order valence-corrected chi connectivity index (χ1v) is 9.28. The molecular formula is C18H27BrN2. The summed E-state index contributed by atoms with van der Waals surface area (Å²) in [7, 11) is 0. The molecule has 1 aromatic rings. The fourth-order valence-electron chi connectivity index (χ4n) is 4.22. The monoisotopic (exact) mass is 350 g/mol. The lowest BCUT2D eigenvalue weighted by atomic mass is 9.89. The molecule has 116 valence electrons. The van der Waals surface area contributed by atoms with Gasteiger partial charge in [-0.1, -0.05) is 35.0 Å². The third-order valence-electron chi connectivity index (χ3n) is 5.27. The third-order valence-corrected chi connectivity index (χ3v) is 6.02. The Bertz CT molecular complexity index is 480. The lowest BCUT2D eigenvalue weighted by Crippen LogP contribution is -2.42. The molecular weight excluding hydrogens is 324 g/mol. The van der Waals surface area contributed by atoms with Crippen molar-refractivity contribution in [2.24, 2.45) is 5.73 Å². The first kappa shape index (κ1) is 15.5. The van der Waals surface area contributed by atoms with Gasteiger partial charge in [0.1, 0.15) is 0 Å². The highest BCUT2D eigenvalue weighted by Crippen LogP contribution is 2.41. The van der Waals surface area contributed by atoms with Crippen molar-refractivity contribution in [3.05, 3.63) is 33.8 Å². The number of nitrogens with two attached hydrogens (primary N) is 1. The topological polar surface area (TPSA) is 29.3 Å². The second-order valence-electron chi connectivity index (χ2n) is 6.67. The van der Waals surface area contributed by atoms with Crippen LogP contribution in [0.4, 0.5) is 0 Å². The van der Waals surface area contributed by atoms with Crippen molar-refractivity contribution in [3.63, 3.8) is 0 Å². The van der Waals surface area contributed by atoms with Gasteiger partial charge < -0.3 is 5.73 Å². The smallest absolute Gasteiger partial charge is 0.0357 e. The van der Waals surface area contributed by atoms with E-state index in [0.29, 0.717) is 12.1 Å². The van der Waals surface area contributed by atoms with Crippen LogP contribution in [0.15, 0.2) is 22.7 Å². The number of nitrogens with zero attached hydrogens (tertiary/aromatic N) is 1. The SMILES string of the molecule is CCCN(C1CCC(N)CC1)C1CCc2c(Br)cccc21. The highest BCUT2D eigenvalue weighted by Gasteiger charge is 2.33. The highest BCUT2D eigenvalue weighted by molar-refractivity contribution is 9.10. The van der Waals surface area contributed by atoms with Crippen molar-refractivity contribution in [1.29, 1.82) is 0 Å². The van der Waals surface area contributed by atoms with Gasteiger partial charge >= 0.3 is 0 Å². The highest BCUT2D eigenvalue weighted by atomic mass is 79.9. The van der Waals surface area contributed by atoms with Crippen molar-refractivity contribution >= 4 is 15.9 Å². The molecule has 1 atom stereocenters. The molecule has 2 aliphatic carbocycles. The molecule has 1 fully saturated rings. The molecule has 2 N–H and O–H groups in total. The quantitative estimate of drug-likeness (QED) is 0.870. The molecule has 0 radical (unpaired) electrons. The standard InChI is InChI=1S/C18H27BrN2/c1-2-12-21(14-8-6-13(20)7-9-14)18-11-10-15-16(18)4-3-5-17(15)19/h3-5,13-14,18H,2,6-12,20H2,1H3. The predicted octanol–water partition coefficient (Wildman–Crippen LogP) is 4.42. The van der Waals surface area contributed by atoms with Crippen molar-refractivity contribution in [2.75, 3.05) is 6.54 Å². The van der Waals surface area contributed by atoms with Crippen molar-refractivity contribution in [1.82, 2.24) is 4.90 Å². The number of benzene rings is 1. The summed E-state index contributed by atoms with van der Waals surface area (Å²) in [6.07, 6.45) is 8.69. The van der Waals surface area contributed by atoms with Crippen LogP contribution in [-0.2, 0) is 6.42 Å². The number of hydrogen-bond donors (Lipinski definition) is 1. The molecule has 3 rings (SSSR count). The third kappa shape index (κ3) is 3.20. The van der Waals surface area contributed by atoms with Crippen LogP contribution < -0.4 is 5.73 Å². The summed E-state index contributed by atoms with van der Waals surface area (Å²) in [6, 6.07) is 8.52. The zero-order valence-corrected chi connectivity index (χ0v) is 14.6. The Morgan fingerprint density at radius 1 is 1.19 bits per heavy atom. The molecule has 1 unspecified atom stereocenters. The lowest BCUT2D eigenvalue weighted by molar-refractivity contribution is 0.0991. The lowest BCUT2D eigenvalue weighted by Gasteiger charge is -2.40. The number of hydrogen-bond acceptors (Lipinski definition) is 2. The fourth-order valence-corrected chi connectivity index (χ4v) is 4.80. The fraction of sp³-hybridized carbons (Fsp3) is 0.667. The van der Waals surface area contributed by atoms with E-state index in [-0.39, 0.29) is 0 Å². The number of rotatable bonds is 4. The minimum absolute atomic E-state index is 0.440. The molecule has 0 aliphatic heterocycles. The maximum absolute atomic E-state index is 6.10. The second kappa shape index (κ2) is 6.80. The maximum Gasteiger partial charge on any atom is 0.0357 e. The van der Waals surface area contributed by atoms with E-state index in [1.807, 2.05) is 0 Å². The van der Waals surface area contributed by atoms with E-state index >= 15 is 0 Å². The summed E-state index contributed by atoms with van der Waals surface area (Å²) in [5, 5.41) is 0. The van der Waals surface area contributed by atoms with Crippen LogP contribution in [0.5, 0.6) is 0 Å². The van der Waals surface area contributed by atoms with Gasteiger partial charge in [-0.25, -0.2) is 0 Å². The Kier molecular flexibility index (Phi) is 5.03. The Morgan fingerprint density at radius 2 is 1.95 bits per heavy atom. The molecule has 0 saturated heterocycles. The Hall–Kier alpha value is -0.380. The van der Waals surface area contributed by atoms with Gasteiger partial charge in [0.05, 0.1) is 0 Å². The van der Waals surface area contributed by atoms with Gasteiger partial charge in [0, 0.05) is 22.6 Å². The van der Waals surface area contributed by atoms with Gasteiger partial charge in [0.15, 0.2) is 0 Å². The summed E-state index contributed by atoms with van der Waals surface area (Å²) in [6.45, 7) is 3.52. The van der Waals surface area contributed by atoms with E-state index in [0.717, 1.165) is 6.04 Å². The van der Waals surface area contributed by atoms with Crippen LogP contribution in [-0.4, -0.2) is 23.5 Å². The number of fused-ring (bicyclic) bond motifs is 1. The molecule has 2 nitrogen and oxygen atoms in total. The van der Waals surface area contributed by atoms with E-state index in [1.165, 1.54) is 61.5 Å². The first-order valence-electron chi connectivity index (χ1n) is 8.49. The van der Waals surface area contributed by atoms with Gasteiger partial charge in [-0.2, -0.15) is 0 Å². The van der Waals surface area contributed by atoms with Crippen molar-refractivity contribution in [3.8, 4) is 0 Å². The van der Waals surface area contributed by atoms with Crippen LogP contribution >= 0.6 is 15.9 Å². The summed E-state index contributed by atoms with van der Waals surface area (Å²) in [5.74, 6) is 0. The summed E-state index contributed by atoms with van der Waals surface area (Å²) < 4.78 is 1.30. The van der Waals surface area contributed by atoms with Crippen LogP contribution in [0.3, 0.4) is 0 Å². The average Bonchev–Trinajstić information content (AvgIpc) is 2.91. The Morgan fingerprint density at radius 3 is 2.67 bits per heavy atom. The molecule has 0 spiro atoms. The largest absolute Gasteiger partial charge is 0.328 e. The minimum atomic E-state index is 0.440. The molecule has 21 heavy (non-hydrogen) atoms. The van der Waals surface area contributed by atoms with Crippen molar-refractivity contribution < 1.29 is 0 Å². The Labute approximate surface area is 137 Å². The molecule has 2 aliphatic rings. The van der Waals surface area contributed by atoms with Gasteiger partial charge in [-0.05, 0) is 68.7 Å². The maximum atomic E-state index is 6.10. The zero-order valence-electron chi connectivity index (χ0n) is 13.0. The van der Waals surface area contributed by atoms with Crippen LogP contribution in [0.1, 0.15) is 62.6 Å².